The van der Waals surface area contributed by atoms with E-state index in [-0.39, 0.29) is 24.9 Å². The molecule has 1 aromatic rings. The number of nitrogens with two attached hydrogens (primary N) is 1. The topological polar surface area (TPSA) is 87.8 Å². The number of rotatable bonds is 7. The monoisotopic (exact) mass is 740 g/mol. The van der Waals surface area contributed by atoms with Crippen LogP contribution in [0.2, 0.25) is 0 Å². The van der Waals surface area contributed by atoms with Crippen molar-refractivity contribution < 1.29 is 14.6 Å². The summed E-state index contributed by atoms with van der Waals surface area (Å²) in [4.78, 5) is 14.8. The number of aliphatic hydroxyl groups is 1. The van der Waals surface area contributed by atoms with Crippen LogP contribution in [-0.2, 0) is 4.74 Å². The third-order valence-corrected chi connectivity index (χ3v) is 16.5. The summed E-state index contributed by atoms with van der Waals surface area (Å²) in [5.74, 6) is 6.75. The molecule has 296 valence electrons. The minimum Gasteiger partial charge on any atom is -0.465 e. The third-order valence-electron chi connectivity index (χ3n) is 15.5. The molecule has 0 spiro atoms. The number of aliphatic hydroxyl groups excluding tert-OH is 1. The van der Waals surface area contributed by atoms with Gasteiger partial charge >= 0.3 is 5.97 Å². The van der Waals surface area contributed by atoms with Gasteiger partial charge in [0.15, 0.2) is 0 Å². The predicted octanol–water partition coefficient (Wildman–Crippen LogP) is 9.17. The number of ether oxygens (including phenoxy) is 1. The summed E-state index contributed by atoms with van der Waals surface area (Å²) < 4.78 is 4.96. The molecule has 5 aliphatic carbocycles. The number of hydrogen-bond acceptors (Lipinski definition) is 7. The van der Waals surface area contributed by atoms with Crippen molar-refractivity contribution in [3.8, 4) is 0 Å². The molecular formula is C45H77N3O3S. The van der Waals surface area contributed by atoms with Gasteiger partial charge in [0.1, 0.15) is 0 Å². The second-order valence-corrected chi connectivity index (χ2v) is 19.0. The van der Waals surface area contributed by atoms with Crippen molar-refractivity contribution in [2.24, 2.45) is 57.5 Å². The number of benzene rings is 1. The average molecular weight is 740 g/mol. The number of hydrogen-bond donors (Lipinski definition) is 3. The lowest BCUT2D eigenvalue weighted by Gasteiger charge is -2.68. The summed E-state index contributed by atoms with van der Waals surface area (Å²) in [6, 6.07) is 8.45. The van der Waals surface area contributed by atoms with E-state index in [1.54, 1.807) is 0 Å². The first kappa shape index (κ1) is 43.3. The van der Waals surface area contributed by atoms with E-state index in [2.05, 4.69) is 74.8 Å². The van der Waals surface area contributed by atoms with Crippen molar-refractivity contribution >= 4 is 23.3 Å². The lowest BCUT2D eigenvalue weighted by molar-refractivity contribution is -0.176. The molecule has 5 fully saturated rings. The van der Waals surface area contributed by atoms with Gasteiger partial charge in [-0.25, -0.2) is 4.79 Å². The van der Waals surface area contributed by atoms with Crippen molar-refractivity contribution in [2.75, 3.05) is 51.9 Å². The van der Waals surface area contributed by atoms with Gasteiger partial charge in [-0.05, 0) is 140 Å². The maximum Gasteiger partial charge on any atom is 0.337 e. The maximum absolute atomic E-state index is 12.1. The number of carbonyl (C=O) groups is 1. The summed E-state index contributed by atoms with van der Waals surface area (Å²) in [5.41, 5.74) is 11.3. The van der Waals surface area contributed by atoms with Gasteiger partial charge in [0.25, 0.3) is 0 Å². The largest absolute Gasteiger partial charge is 0.465 e. The summed E-state index contributed by atoms with van der Waals surface area (Å²) in [6.07, 6.45) is 14.6. The highest BCUT2D eigenvalue weighted by molar-refractivity contribution is 7.99. The first-order valence-electron chi connectivity index (χ1n) is 20.6. The molecule has 4 saturated carbocycles. The van der Waals surface area contributed by atoms with E-state index in [1.165, 1.54) is 107 Å². The number of fused-ring (bicyclic) bond motifs is 7. The van der Waals surface area contributed by atoms with Gasteiger partial charge in [-0.3, -0.25) is 0 Å². The third kappa shape index (κ3) is 7.58. The minimum absolute atomic E-state index is 0. The first-order valence-corrected chi connectivity index (χ1v) is 21.7. The number of carbonyl (C=O) groups excluding carboxylic acids is 1. The lowest BCUT2D eigenvalue weighted by atomic mass is 9.36. The Bertz CT molecular complexity index is 1340. The zero-order chi connectivity index (χ0) is 37.2. The Hall–Kier alpha value is -1.38. The van der Waals surface area contributed by atoms with Gasteiger partial charge in [-0.1, -0.05) is 67.2 Å². The highest BCUT2D eigenvalue weighted by atomic mass is 32.2. The van der Waals surface area contributed by atoms with Crippen LogP contribution in [0.4, 0.5) is 0 Å². The molecular weight excluding hydrogens is 663 g/mol. The molecule has 0 radical (unpaired) electrons. The van der Waals surface area contributed by atoms with Crippen LogP contribution in [0.5, 0.6) is 0 Å². The van der Waals surface area contributed by atoms with Crippen molar-refractivity contribution in [1.82, 2.24) is 10.2 Å². The van der Waals surface area contributed by atoms with Crippen LogP contribution in [0.15, 0.2) is 30.3 Å². The SMILES string of the molecule is C.CC.CO.COC(=O)c1ccc(C2=CCC3(C)C(CCC4(C)C5CCC6(NCCN7CCSCC7)CCC(C(C)N)C6C5CCC43)C2(C)C)cc1. The van der Waals surface area contributed by atoms with Crippen LogP contribution in [-0.4, -0.2) is 79.5 Å². The second kappa shape index (κ2) is 17.6. The van der Waals surface area contributed by atoms with Crippen molar-refractivity contribution in [1.29, 1.82) is 0 Å². The zero-order valence-corrected chi connectivity index (χ0v) is 34.5. The Morgan fingerprint density at radius 3 is 2.25 bits per heavy atom. The van der Waals surface area contributed by atoms with Gasteiger partial charge in [-0.2, -0.15) is 11.8 Å². The van der Waals surface area contributed by atoms with Gasteiger partial charge in [0.05, 0.1) is 12.7 Å². The molecule has 1 aromatic carbocycles. The molecule has 0 amide bonds. The summed E-state index contributed by atoms with van der Waals surface area (Å²) in [7, 11) is 2.45. The molecule has 1 saturated heterocycles. The van der Waals surface area contributed by atoms with E-state index in [1.807, 2.05) is 26.0 Å². The molecule has 7 heteroatoms. The van der Waals surface area contributed by atoms with Gasteiger partial charge < -0.3 is 25.8 Å². The molecule has 0 bridgehead atoms. The van der Waals surface area contributed by atoms with Crippen LogP contribution < -0.4 is 11.1 Å². The van der Waals surface area contributed by atoms with Crippen LogP contribution >= 0.6 is 11.8 Å². The van der Waals surface area contributed by atoms with Gasteiger partial charge in [0, 0.05) is 56.4 Å². The lowest BCUT2D eigenvalue weighted by Crippen LogP contribution is -2.65. The molecule has 4 N–H and O–H groups in total. The van der Waals surface area contributed by atoms with Crippen molar-refractivity contribution in [3.63, 3.8) is 0 Å². The number of nitrogens with zero attached hydrogens (tertiary/aromatic N) is 1. The molecule has 1 aliphatic heterocycles. The summed E-state index contributed by atoms with van der Waals surface area (Å²) >= 11 is 2.11. The van der Waals surface area contributed by atoms with E-state index in [9.17, 15) is 4.79 Å². The molecule has 6 aliphatic rings. The second-order valence-electron chi connectivity index (χ2n) is 17.8. The van der Waals surface area contributed by atoms with E-state index in [0.29, 0.717) is 33.8 Å². The first-order chi connectivity index (χ1) is 24.4. The van der Waals surface area contributed by atoms with Crippen molar-refractivity contribution in [3.05, 3.63) is 41.5 Å². The number of methoxy groups -OCH3 is 1. The summed E-state index contributed by atoms with van der Waals surface area (Å²) in [6.45, 7) is 21.6. The standard InChI is InChI=1S/C41H63N3O2S.C2H6.CH4O.CH4/c1-27(42)30-13-19-41(43-21-22-44-23-25-47-26-24-44)20-15-33-31(36(30)41)11-12-35-39(33,4)18-16-34-38(2,3)32(14-17-40(34,35)5)28-7-9-29(10-8-28)37(45)46-6;2*1-2;/h7-10,14,27,30-31,33-36,43H,11-13,15-26,42H2,1-6H3;1-2H3;2H,1H3;1H4. The Morgan fingerprint density at radius 1 is 0.962 bits per heavy atom. The van der Waals surface area contributed by atoms with Crippen LogP contribution in [0.1, 0.15) is 130 Å². The Kier molecular flexibility index (Phi) is 14.7. The fourth-order valence-corrected chi connectivity index (χ4v) is 14.5. The average Bonchev–Trinajstić information content (AvgIpc) is 3.54. The van der Waals surface area contributed by atoms with E-state index >= 15 is 0 Å². The molecule has 10 unspecified atom stereocenters. The fourth-order valence-electron chi connectivity index (χ4n) is 13.5. The fraction of sp³-hybridized carbons (Fsp3) is 0.800. The predicted molar refractivity (Wildman–Crippen MR) is 223 cm³/mol. The summed E-state index contributed by atoms with van der Waals surface area (Å²) in [5, 5.41) is 11.3. The maximum atomic E-state index is 12.1. The quantitative estimate of drug-likeness (QED) is 0.241. The van der Waals surface area contributed by atoms with Crippen LogP contribution in [0.25, 0.3) is 5.57 Å². The highest BCUT2D eigenvalue weighted by Gasteiger charge is 2.66. The van der Waals surface area contributed by atoms with Gasteiger partial charge in [-0.15, -0.1) is 0 Å². The zero-order valence-electron chi connectivity index (χ0n) is 33.7. The molecule has 10 atom stereocenters. The Morgan fingerprint density at radius 2 is 1.62 bits per heavy atom. The molecule has 6 nitrogen and oxygen atoms in total. The number of esters is 1. The normalized spacial score (nSPS) is 38.1. The number of allylic oxidation sites excluding steroid dienone is 2. The molecule has 52 heavy (non-hydrogen) atoms. The Labute approximate surface area is 323 Å². The highest BCUT2D eigenvalue weighted by Crippen LogP contribution is 2.73. The minimum atomic E-state index is -0.263. The smallest absolute Gasteiger partial charge is 0.337 e. The van der Waals surface area contributed by atoms with E-state index in [0.717, 1.165) is 37.3 Å². The van der Waals surface area contributed by atoms with E-state index < -0.39 is 0 Å². The molecule has 1 heterocycles. The van der Waals surface area contributed by atoms with Crippen LogP contribution in [0, 0.1) is 51.8 Å². The molecule has 0 aromatic heterocycles. The van der Waals surface area contributed by atoms with E-state index in [4.69, 9.17) is 15.6 Å². The Balaban J connectivity index is 0.00000117. The van der Waals surface area contributed by atoms with Crippen molar-refractivity contribution in [2.45, 2.75) is 125 Å². The van der Waals surface area contributed by atoms with Crippen LogP contribution in [0.3, 0.4) is 0 Å². The molecule has 7 rings (SSSR count). The van der Waals surface area contributed by atoms with Gasteiger partial charge in [0.2, 0.25) is 0 Å². The number of thioether (sulfide) groups is 1. The number of nitrogens with one attached hydrogen (secondary N) is 1.